The normalized spacial score (nSPS) is 10.9. The number of amides is 1. The van der Waals surface area contributed by atoms with Crippen molar-refractivity contribution in [2.75, 3.05) is 17.7 Å². The highest BCUT2D eigenvalue weighted by Crippen LogP contribution is 2.18. The van der Waals surface area contributed by atoms with Crippen LogP contribution in [0.1, 0.15) is 35.7 Å². The minimum absolute atomic E-state index is 0.0913. The molecule has 2 aromatic carbocycles. The zero-order chi connectivity index (χ0) is 19.8. The highest BCUT2D eigenvalue weighted by Gasteiger charge is 2.10. The number of anilines is 2. The van der Waals surface area contributed by atoms with Crippen LogP contribution in [0.2, 0.25) is 0 Å². The van der Waals surface area contributed by atoms with Crippen LogP contribution in [-0.2, 0) is 9.53 Å². The number of esters is 1. The lowest BCUT2D eigenvalue weighted by molar-refractivity contribution is -0.112. The molecule has 6 nitrogen and oxygen atoms in total. The number of methoxy groups -OCH3 is 1. The second-order valence-corrected chi connectivity index (χ2v) is 6.12. The fourth-order valence-electron chi connectivity index (χ4n) is 2.31. The van der Waals surface area contributed by atoms with E-state index in [9.17, 15) is 14.9 Å². The third-order valence-electron chi connectivity index (χ3n) is 3.87. The number of hydrogen-bond acceptors (Lipinski definition) is 5. The Morgan fingerprint density at radius 1 is 1.11 bits per heavy atom. The van der Waals surface area contributed by atoms with E-state index in [4.69, 9.17) is 0 Å². The molecule has 0 aliphatic carbocycles. The second kappa shape index (κ2) is 9.20. The van der Waals surface area contributed by atoms with Gasteiger partial charge in [-0.25, -0.2) is 4.79 Å². The molecule has 0 saturated heterocycles. The largest absolute Gasteiger partial charge is 0.465 e. The number of nitrogens with one attached hydrogen (secondary N) is 2. The van der Waals surface area contributed by atoms with Crippen LogP contribution in [0.4, 0.5) is 11.4 Å². The van der Waals surface area contributed by atoms with Gasteiger partial charge in [-0.3, -0.25) is 4.79 Å². The summed E-state index contributed by atoms with van der Waals surface area (Å²) < 4.78 is 4.67. The van der Waals surface area contributed by atoms with Crippen LogP contribution in [0.5, 0.6) is 0 Å². The molecule has 2 aromatic rings. The van der Waals surface area contributed by atoms with Crippen molar-refractivity contribution in [3.8, 4) is 6.07 Å². The number of benzene rings is 2. The highest BCUT2D eigenvalue weighted by atomic mass is 16.5. The first-order chi connectivity index (χ1) is 12.9. The van der Waals surface area contributed by atoms with Crippen molar-refractivity contribution in [3.05, 3.63) is 71.4 Å². The van der Waals surface area contributed by atoms with Crippen molar-refractivity contribution < 1.29 is 14.3 Å². The van der Waals surface area contributed by atoms with Crippen molar-refractivity contribution in [1.29, 1.82) is 5.26 Å². The standard InChI is InChI=1S/C21H21N3O3/c1-14(2)15-7-9-18(10-8-15)24-20(25)17(12-22)13-23-19-6-4-5-16(11-19)21(26)27-3/h4-11,13-14,23H,1-3H3,(H,24,25)/b17-13-. The maximum absolute atomic E-state index is 12.3. The molecule has 0 aliphatic rings. The average Bonchev–Trinajstić information content (AvgIpc) is 2.68. The van der Waals surface area contributed by atoms with E-state index in [1.54, 1.807) is 36.4 Å². The number of rotatable bonds is 6. The van der Waals surface area contributed by atoms with Gasteiger partial charge in [0.25, 0.3) is 5.91 Å². The molecule has 0 aromatic heterocycles. The molecule has 2 rings (SSSR count). The lowest BCUT2D eigenvalue weighted by Gasteiger charge is -2.08. The molecule has 0 aliphatic heterocycles. The molecule has 0 radical (unpaired) electrons. The third-order valence-corrected chi connectivity index (χ3v) is 3.87. The summed E-state index contributed by atoms with van der Waals surface area (Å²) in [6.07, 6.45) is 1.30. The molecule has 2 N–H and O–H groups in total. The fourth-order valence-corrected chi connectivity index (χ4v) is 2.31. The van der Waals surface area contributed by atoms with E-state index in [0.717, 1.165) is 5.56 Å². The van der Waals surface area contributed by atoms with Gasteiger partial charge in [0.1, 0.15) is 11.6 Å². The maximum atomic E-state index is 12.3. The predicted molar refractivity (Wildman–Crippen MR) is 104 cm³/mol. The topological polar surface area (TPSA) is 91.2 Å². The second-order valence-electron chi connectivity index (χ2n) is 6.12. The summed E-state index contributed by atoms with van der Waals surface area (Å²) in [6.45, 7) is 4.18. The van der Waals surface area contributed by atoms with Gasteiger partial charge >= 0.3 is 5.97 Å². The van der Waals surface area contributed by atoms with E-state index in [1.165, 1.54) is 13.3 Å². The van der Waals surface area contributed by atoms with Crippen molar-refractivity contribution in [1.82, 2.24) is 0 Å². The summed E-state index contributed by atoms with van der Waals surface area (Å²) in [5.74, 6) is -0.591. The van der Waals surface area contributed by atoms with Crippen LogP contribution in [0.25, 0.3) is 0 Å². The summed E-state index contributed by atoms with van der Waals surface area (Å²) in [5.41, 5.74) is 2.60. The molecule has 27 heavy (non-hydrogen) atoms. The summed E-state index contributed by atoms with van der Waals surface area (Å²) in [5, 5.41) is 14.8. The molecule has 0 heterocycles. The molecule has 0 bridgehead atoms. The number of carbonyl (C=O) groups excluding carboxylic acids is 2. The van der Waals surface area contributed by atoms with E-state index in [2.05, 4.69) is 29.2 Å². The van der Waals surface area contributed by atoms with E-state index in [1.807, 2.05) is 18.2 Å². The van der Waals surface area contributed by atoms with Gasteiger partial charge < -0.3 is 15.4 Å². The number of nitriles is 1. The maximum Gasteiger partial charge on any atom is 0.337 e. The Labute approximate surface area is 158 Å². The van der Waals surface area contributed by atoms with Gasteiger partial charge in [-0.15, -0.1) is 0 Å². The molecule has 0 saturated carbocycles. The Kier molecular flexibility index (Phi) is 6.73. The Hall–Kier alpha value is -3.59. The monoisotopic (exact) mass is 363 g/mol. The molecule has 6 heteroatoms. The number of ether oxygens (including phenoxy) is 1. The van der Waals surface area contributed by atoms with Gasteiger partial charge in [-0.05, 0) is 41.8 Å². The third kappa shape index (κ3) is 5.44. The van der Waals surface area contributed by atoms with Crippen molar-refractivity contribution in [3.63, 3.8) is 0 Å². The number of nitrogens with zero attached hydrogens (tertiary/aromatic N) is 1. The minimum Gasteiger partial charge on any atom is -0.465 e. The summed E-state index contributed by atoms with van der Waals surface area (Å²) in [6, 6.07) is 15.9. The molecule has 0 spiro atoms. The highest BCUT2D eigenvalue weighted by molar-refractivity contribution is 6.06. The summed E-state index contributed by atoms with van der Waals surface area (Å²) in [7, 11) is 1.30. The molecule has 0 unspecified atom stereocenters. The van der Waals surface area contributed by atoms with Gasteiger partial charge in [0, 0.05) is 17.6 Å². The Morgan fingerprint density at radius 3 is 2.41 bits per heavy atom. The van der Waals surface area contributed by atoms with Gasteiger partial charge in [0.2, 0.25) is 0 Å². The van der Waals surface area contributed by atoms with Gasteiger partial charge in [0.05, 0.1) is 12.7 Å². The Bertz CT molecular complexity index is 894. The minimum atomic E-state index is -0.522. The van der Waals surface area contributed by atoms with Crippen LogP contribution >= 0.6 is 0 Å². The Morgan fingerprint density at radius 2 is 1.81 bits per heavy atom. The van der Waals surface area contributed by atoms with Crippen LogP contribution in [0.15, 0.2) is 60.3 Å². The smallest absolute Gasteiger partial charge is 0.337 e. The predicted octanol–water partition coefficient (Wildman–Crippen LogP) is 4.05. The zero-order valence-electron chi connectivity index (χ0n) is 15.4. The van der Waals surface area contributed by atoms with E-state index in [0.29, 0.717) is 22.9 Å². The molecule has 138 valence electrons. The van der Waals surface area contributed by atoms with Crippen LogP contribution < -0.4 is 10.6 Å². The van der Waals surface area contributed by atoms with Crippen LogP contribution in [-0.4, -0.2) is 19.0 Å². The quantitative estimate of drug-likeness (QED) is 0.459. The van der Waals surface area contributed by atoms with E-state index in [-0.39, 0.29) is 5.57 Å². The first-order valence-electron chi connectivity index (χ1n) is 8.41. The SMILES string of the molecule is COC(=O)c1cccc(N/C=C(/C#N)C(=O)Nc2ccc(C(C)C)cc2)c1. The van der Waals surface area contributed by atoms with Gasteiger partial charge in [0.15, 0.2) is 0 Å². The fraction of sp³-hybridized carbons (Fsp3) is 0.190. The first kappa shape index (κ1) is 19.7. The average molecular weight is 363 g/mol. The lowest BCUT2D eigenvalue weighted by Crippen LogP contribution is -2.14. The molecule has 0 fully saturated rings. The molecular weight excluding hydrogens is 342 g/mol. The number of hydrogen-bond donors (Lipinski definition) is 2. The summed E-state index contributed by atoms with van der Waals surface area (Å²) >= 11 is 0. The van der Waals surface area contributed by atoms with Crippen LogP contribution in [0.3, 0.4) is 0 Å². The summed E-state index contributed by atoms with van der Waals surface area (Å²) in [4.78, 5) is 23.8. The lowest BCUT2D eigenvalue weighted by atomic mass is 10.0. The van der Waals surface area contributed by atoms with E-state index >= 15 is 0 Å². The zero-order valence-corrected chi connectivity index (χ0v) is 15.4. The number of carbonyl (C=O) groups is 2. The van der Waals surface area contributed by atoms with Crippen molar-refractivity contribution >= 4 is 23.3 Å². The Balaban J connectivity index is 2.08. The molecular formula is C21H21N3O3. The van der Waals surface area contributed by atoms with Gasteiger partial charge in [-0.2, -0.15) is 5.26 Å². The molecule has 0 atom stereocenters. The first-order valence-corrected chi connectivity index (χ1v) is 8.41. The van der Waals surface area contributed by atoms with Gasteiger partial charge in [-0.1, -0.05) is 32.0 Å². The molecule has 1 amide bonds. The van der Waals surface area contributed by atoms with Crippen LogP contribution in [0, 0.1) is 11.3 Å². The van der Waals surface area contributed by atoms with Crippen molar-refractivity contribution in [2.24, 2.45) is 0 Å². The van der Waals surface area contributed by atoms with E-state index < -0.39 is 11.9 Å². The van der Waals surface area contributed by atoms with Crippen molar-refractivity contribution in [2.45, 2.75) is 19.8 Å².